The number of nitrogens with two attached hydrogens (primary N) is 1. The Kier molecular flexibility index (Phi) is 4.99. The van der Waals surface area contributed by atoms with Crippen LogP contribution >= 0.6 is 0 Å². The number of nitrogens with zero attached hydrogens (tertiary/aromatic N) is 1. The Balaban J connectivity index is 1.94. The van der Waals surface area contributed by atoms with Crippen molar-refractivity contribution in [1.82, 2.24) is 4.90 Å². The maximum atomic E-state index is 12.5. The summed E-state index contributed by atoms with van der Waals surface area (Å²) in [7, 11) is 1.83. The summed E-state index contributed by atoms with van der Waals surface area (Å²) in [4.78, 5) is 14.2. The first kappa shape index (κ1) is 15.1. The fourth-order valence-corrected chi connectivity index (χ4v) is 2.44. The van der Waals surface area contributed by atoms with Crippen LogP contribution in [0.3, 0.4) is 0 Å². The van der Waals surface area contributed by atoms with E-state index in [4.69, 9.17) is 5.73 Å². The van der Waals surface area contributed by atoms with Crippen LogP contribution in [-0.4, -0.2) is 24.4 Å². The molecule has 0 bridgehead atoms. The highest BCUT2D eigenvalue weighted by molar-refractivity contribution is 6.00. The largest absolute Gasteiger partial charge is 0.398 e. The molecule has 0 aliphatic heterocycles. The summed E-state index contributed by atoms with van der Waals surface area (Å²) >= 11 is 0. The van der Waals surface area contributed by atoms with Crippen molar-refractivity contribution in [2.24, 2.45) is 0 Å². The first-order valence-electron chi connectivity index (χ1n) is 7.24. The molecule has 0 atom stereocenters. The van der Waals surface area contributed by atoms with E-state index >= 15 is 0 Å². The molecule has 110 valence electrons. The highest BCUT2D eigenvalue weighted by atomic mass is 16.2. The number of rotatable bonds is 5. The third-order valence-corrected chi connectivity index (χ3v) is 3.67. The fraction of sp³-hybridized carbons (Fsp3) is 0.278. The molecule has 2 aromatic rings. The van der Waals surface area contributed by atoms with E-state index in [-0.39, 0.29) is 5.91 Å². The number of benzene rings is 2. The van der Waals surface area contributed by atoms with Gasteiger partial charge in [-0.05, 0) is 37.0 Å². The van der Waals surface area contributed by atoms with Crippen molar-refractivity contribution < 1.29 is 4.79 Å². The minimum Gasteiger partial charge on any atom is -0.398 e. The van der Waals surface area contributed by atoms with E-state index in [1.165, 1.54) is 5.56 Å². The van der Waals surface area contributed by atoms with Crippen LogP contribution in [0.15, 0.2) is 48.5 Å². The first-order valence-corrected chi connectivity index (χ1v) is 7.24. The Hall–Kier alpha value is -2.29. The van der Waals surface area contributed by atoms with E-state index in [9.17, 15) is 4.79 Å². The maximum absolute atomic E-state index is 12.5. The molecule has 1 amide bonds. The van der Waals surface area contributed by atoms with E-state index in [2.05, 4.69) is 12.1 Å². The van der Waals surface area contributed by atoms with Crippen molar-refractivity contribution in [2.45, 2.75) is 19.8 Å². The second kappa shape index (κ2) is 6.93. The molecule has 2 aromatic carbocycles. The molecule has 0 aliphatic carbocycles. The number of carbonyl (C=O) groups is 1. The van der Waals surface area contributed by atoms with Gasteiger partial charge in [-0.1, -0.05) is 42.5 Å². The number of anilines is 1. The topological polar surface area (TPSA) is 46.3 Å². The van der Waals surface area contributed by atoms with Gasteiger partial charge < -0.3 is 10.6 Å². The van der Waals surface area contributed by atoms with Crippen LogP contribution in [0.2, 0.25) is 0 Å². The third kappa shape index (κ3) is 3.85. The summed E-state index contributed by atoms with van der Waals surface area (Å²) in [6.07, 6.45) is 1.92. The van der Waals surface area contributed by atoms with E-state index in [0.29, 0.717) is 11.3 Å². The summed E-state index contributed by atoms with van der Waals surface area (Å²) in [6, 6.07) is 15.9. The van der Waals surface area contributed by atoms with Crippen LogP contribution in [0, 0.1) is 6.92 Å². The average molecular weight is 282 g/mol. The number of hydrogen-bond donors (Lipinski definition) is 1. The van der Waals surface area contributed by atoms with Crippen LogP contribution in [0.4, 0.5) is 5.69 Å². The smallest absolute Gasteiger partial charge is 0.255 e. The SMILES string of the molecule is Cc1cccc(N)c1C(=O)N(C)CCCc1ccccc1. The monoisotopic (exact) mass is 282 g/mol. The number of hydrogen-bond acceptors (Lipinski definition) is 2. The molecule has 21 heavy (non-hydrogen) atoms. The number of nitrogen functional groups attached to an aromatic ring is 1. The number of amides is 1. The molecule has 2 rings (SSSR count). The van der Waals surface area contributed by atoms with Crippen molar-refractivity contribution in [2.75, 3.05) is 19.3 Å². The zero-order valence-electron chi connectivity index (χ0n) is 12.7. The molecule has 0 unspecified atom stereocenters. The Labute approximate surface area is 126 Å². The quantitative estimate of drug-likeness (QED) is 0.855. The molecule has 0 saturated carbocycles. The molecule has 3 heteroatoms. The molecular formula is C18H22N2O. The van der Waals surface area contributed by atoms with Crippen LogP contribution in [0.25, 0.3) is 0 Å². The summed E-state index contributed by atoms with van der Waals surface area (Å²) in [5, 5.41) is 0. The normalized spacial score (nSPS) is 10.4. The summed E-state index contributed by atoms with van der Waals surface area (Å²) < 4.78 is 0. The van der Waals surface area contributed by atoms with Gasteiger partial charge in [-0.25, -0.2) is 0 Å². The molecule has 2 N–H and O–H groups in total. The van der Waals surface area contributed by atoms with Gasteiger partial charge in [0.2, 0.25) is 0 Å². The van der Waals surface area contributed by atoms with Gasteiger partial charge in [0.05, 0.1) is 5.56 Å². The zero-order chi connectivity index (χ0) is 15.2. The van der Waals surface area contributed by atoms with Crippen molar-refractivity contribution in [3.05, 3.63) is 65.2 Å². The molecule has 0 fully saturated rings. The molecular weight excluding hydrogens is 260 g/mol. The Morgan fingerprint density at radius 3 is 2.48 bits per heavy atom. The Morgan fingerprint density at radius 2 is 1.81 bits per heavy atom. The van der Waals surface area contributed by atoms with Crippen LogP contribution in [0.1, 0.15) is 27.9 Å². The lowest BCUT2D eigenvalue weighted by molar-refractivity contribution is 0.0794. The van der Waals surface area contributed by atoms with E-state index in [1.807, 2.05) is 44.3 Å². The van der Waals surface area contributed by atoms with Crippen molar-refractivity contribution in [1.29, 1.82) is 0 Å². The summed E-state index contributed by atoms with van der Waals surface area (Å²) in [5.74, 6) is -0.00124. The van der Waals surface area contributed by atoms with Crippen molar-refractivity contribution >= 4 is 11.6 Å². The summed E-state index contributed by atoms with van der Waals surface area (Å²) in [5.41, 5.74) is 9.33. The van der Waals surface area contributed by atoms with Crippen LogP contribution < -0.4 is 5.73 Å². The summed E-state index contributed by atoms with van der Waals surface area (Å²) in [6.45, 7) is 2.64. The molecule has 0 saturated heterocycles. The first-order chi connectivity index (χ1) is 10.1. The minimum absolute atomic E-state index is 0.00124. The van der Waals surface area contributed by atoms with Crippen molar-refractivity contribution in [3.8, 4) is 0 Å². The van der Waals surface area contributed by atoms with Gasteiger partial charge >= 0.3 is 0 Å². The zero-order valence-corrected chi connectivity index (χ0v) is 12.7. The van der Waals surface area contributed by atoms with Crippen LogP contribution in [0.5, 0.6) is 0 Å². The highest BCUT2D eigenvalue weighted by Gasteiger charge is 2.16. The molecule has 0 radical (unpaired) electrons. The standard InChI is InChI=1S/C18H22N2O/c1-14-8-6-12-16(19)17(14)18(21)20(2)13-7-11-15-9-4-3-5-10-15/h3-6,8-10,12H,7,11,13,19H2,1-2H3. The molecule has 0 aromatic heterocycles. The predicted molar refractivity (Wildman–Crippen MR) is 87.3 cm³/mol. The number of aryl methyl sites for hydroxylation is 2. The third-order valence-electron chi connectivity index (χ3n) is 3.67. The molecule has 0 aliphatic rings. The lowest BCUT2D eigenvalue weighted by atomic mass is 10.1. The van der Waals surface area contributed by atoms with Gasteiger partial charge in [-0.15, -0.1) is 0 Å². The second-order valence-corrected chi connectivity index (χ2v) is 5.35. The second-order valence-electron chi connectivity index (χ2n) is 5.35. The fourth-order valence-electron chi connectivity index (χ4n) is 2.44. The lowest BCUT2D eigenvalue weighted by Crippen LogP contribution is -2.29. The Bertz CT molecular complexity index is 588. The van der Waals surface area contributed by atoms with E-state index in [0.717, 1.165) is 24.9 Å². The van der Waals surface area contributed by atoms with Crippen LogP contribution in [-0.2, 0) is 6.42 Å². The lowest BCUT2D eigenvalue weighted by Gasteiger charge is -2.19. The van der Waals surface area contributed by atoms with Gasteiger partial charge in [0.15, 0.2) is 0 Å². The van der Waals surface area contributed by atoms with E-state index < -0.39 is 0 Å². The van der Waals surface area contributed by atoms with Gasteiger partial charge in [0.1, 0.15) is 0 Å². The maximum Gasteiger partial charge on any atom is 0.255 e. The average Bonchev–Trinajstić information content (AvgIpc) is 2.48. The number of carbonyl (C=O) groups excluding carboxylic acids is 1. The van der Waals surface area contributed by atoms with Gasteiger partial charge in [-0.2, -0.15) is 0 Å². The van der Waals surface area contributed by atoms with Gasteiger partial charge in [0, 0.05) is 19.3 Å². The van der Waals surface area contributed by atoms with Crippen molar-refractivity contribution in [3.63, 3.8) is 0 Å². The minimum atomic E-state index is -0.00124. The highest BCUT2D eigenvalue weighted by Crippen LogP contribution is 2.18. The molecule has 0 spiro atoms. The molecule has 3 nitrogen and oxygen atoms in total. The van der Waals surface area contributed by atoms with Gasteiger partial charge in [0.25, 0.3) is 5.91 Å². The molecule has 0 heterocycles. The van der Waals surface area contributed by atoms with Gasteiger partial charge in [-0.3, -0.25) is 4.79 Å². The predicted octanol–water partition coefficient (Wildman–Crippen LogP) is 3.28. The Morgan fingerprint density at radius 1 is 1.10 bits per heavy atom. The van der Waals surface area contributed by atoms with E-state index in [1.54, 1.807) is 11.0 Å².